The molecule has 7 nitrogen and oxygen atoms in total. The maximum atomic E-state index is 12.8. The monoisotopic (exact) mass is 395 g/mol. The number of fused-ring (bicyclic) bond motifs is 1. The van der Waals surface area contributed by atoms with Crippen molar-refractivity contribution in [3.05, 3.63) is 64.2 Å². The number of hydrogen-bond acceptors (Lipinski definition) is 4. The lowest BCUT2D eigenvalue weighted by molar-refractivity contribution is -0.137. The Morgan fingerprint density at radius 1 is 1.21 bits per heavy atom. The van der Waals surface area contributed by atoms with Gasteiger partial charge in [0, 0.05) is 36.3 Å². The first-order valence-corrected chi connectivity index (χ1v) is 9.52. The second-order valence-corrected chi connectivity index (χ2v) is 7.39. The van der Waals surface area contributed by atoms with Gasteiger partial charge < -0.3 is 21.1 Å². The molecule has 152 valence electrons. The normalized spacial score (nSPS) is 13.9. The van der Waals surface area contributed by atoms with E-state index < -0.39 is 17.9 Å². The molecule has 7 heteroatoms. The van der Waals surface area contributed by atoms with Gasteiger partial charge in [0.05, 0.1) is 0 Å². The van der Waals surface area contributed by atoms with E-state index in [0.29, 0.717) is 12.1 Å². The summed E-state index contributed by atoms with van der Waals surface area (Å²) < 4.78 is 0. The smallest absolute Gasteiger partial charge is 0.303 e. The summed E-state index contributed by atoms with van der Waals surface area (Å²) in [5.74, 6) is -2.03. The largest absolute Gasteiger partial charge is 0.481 e. The number of primary amides is 1. The van der Waals surface area contributed by atoms with Crippen LogP contribution in [0, 0.1) is 13.8 Å². The molecule has 2 amide bonds. The van der Waals surface area contributed by atoms with Crippen LogP contribution < -0.4 is 11.1 Å². The minimum Gasteiger partial charge on any atom is -0.481 e. The molecule has 0 radical (unpaired) electrons. The second kappa shape index (κ2) is 8.34. The number of aryl methyl sites for hydroxylation is 2. The number of rotatable bonds is 8. The number of benzene rings is 2. The molecule has 0 saturated carbocycles. The molecule has 0 fully saturated rings. The Hall–Kier alpha value is -3.35. The van der Waals surface area contributed by atoms with Crippen LogP contribution in [0.2, 0.25) is 0 Å². The third-order valence-corrected chi connectivity index (χ3v) is 5.39. The van der Waals surface area contributed by atoms with Gasteiger partial charge in [-0.05, 0) is 49.1 Å². The molecule has 1 heterocycles. The van der Waals surface area contributed by atoms with Crippen molar-refractivity contribution < 1.29 is 19.5 Å². The molecule has 0 spiro atoms. The maximum Gasteiger partial charge on any atom is 0.303 e. The highest BCUT2D eigenvalue weighted by Crippen LogP contribution is 2.32. The van der Waals surface area contributed by atoms with E-state index in [2.05, 4.69) is 37.4 Å². The van der Waals surface area contributed by atoms with Crippen molar-refractivity contribution >= 4 is 23.5 Å². The van der Waals surface area contributed by atoms with Crippen molar-refractivity contribution in [1.29, 1.82) is 0 Å². The molecule has 1 aliphatic heterocycles. The number of amides is 2. The average molecular weight is 395 g/mol. The fourth-order valence-electron chi connectivity index (χ4n) is 3.59. The number of nitrogens with two attached hydrogens (primary N) is 1. The van der Waals surface area contributed by atoms with Crippen LogP contribution in [0.25, 0.3) is 0 Å². The topological polar surface area (TPSA) is 113 Å². The molecule has 3 rings (SSSR count). The number of carboxylic acids is 1. The number of carboxylic acid groups (broad SMARTS) is 1. The quantitative estimate of drug-likeness (QED) is 0.636. The summed E-state index contributed by atoms with van der Waals surface area (Å²) in [6.07, 6.45) is -0.235. The molecule has 0 unspecified atom stereocenters. The van der Waals surface area contributed by atoms with E-state index in [1.807, 2.05) is 6.07 Å². The van der Waals surface area contributed by atoms with Gasteiger partial charge >= 0.3 is 5.97 Å². The van der Waals surface area contributed by atoms with Crippen molar-refractivity contribution in [1.82, 2.24) is 4.90 Å². The molecule has 4 N–H and O–H groups in total. The minimum atomic E-state index is -1.03. The van der Waals surface area contributed by atoms with Crippen molar-refractivity contribution in [2.24, 2.45) is 5.73 Å². The fourth-order valence-corrected chi connectivity index (χ4v) is 3.59. The van der Waals surface area contributed by atoms with Gasteiger partial charge in [0.15, 0.2) is 0 Å². The SMILES string of the molecule is Cc1ccc(CNc2cccc3c2CN([C@@H](CCC(=O)O)C(N)=O)C3=O)cc1C. The zero-order valence-electron chi connectivity index (χ0n) is 16.6. The summed E-state index contributed by atoms with van der Waals surface area (Å²) in [5.41, 5.74) is 11.2. The molecule has 2 aromatic rings. The first kappa shape index (κ1) is 20.4. The zero-order valence-corrected chi connectivity index (χ0v) is 16.6. The number of anilines is 1. The van der Waals surface area contributed by atoms with E-state index in [-0.39, 0.29) is 25.3 Å². The van der Waals surface area contributed by atoms with Crippen molar-refractivity contribution in [2.45, 2.75) is 45.8 Å². The Morgan fingerprint density at radius 3 is 2.62 bits per heavy atom. The van der Waals surface area contributed by atoms with Crippen LogP contribution in [0.3, 0.4) is 0 Å². The molecule has 29 heavy (non-hydrogen) atoms. The van der Waals surface area contributed by atoms with Crippen molar-refractivity contribution in [3.63, 3.8) is 0 Å². The van der Waals surface area contributed by atoms with E-state index >= 15 is 0 Å². The van der Waals surface area contributed by atoms with Gasteiger partial charge in [0.2, 0.25) is 5.91 Å². The molecule has 0 aromatic heterocycles. The number of aliphatic carboxylic acids is 1. The Kier molecular flexibility index (Phi) is 5.87. The van der Waals surface area contributed by atoms with Gasteiger partial charge in [-0.15, -0.1) is 0 Å². The Balaban J connectivity index is 1.79. The zero-order chi connectivity index (χ0) is 21.1. The summed E-state index contributed by atoms with van der Waals surface area (Å²) in [5, 5.41) is 12.3. The van der Waals surface area contributed by atoms with Crippen LogP contribution in [0.5, 0.6) is 0 Å². The van der Waals surface area contributed by atoms with Crippen LogP contribution in [0.4, 0.5) is 5.69 Å². The lowest BCUT2D eigenvalue weighted by Gasteiger charge is -2.24. The third-order valence-electron chi connectivity index (χ3n) is 5.39. The standard InChI is InChI=1S/C22H25N3O4/c1-13-6-7-15(10-14(13)2)11-24-18-5-3-4-16-17(18)12-25(22(16)29)19(21(23)28)8-9-20(26)27/h3-7,10,19,24H,8-9,11-12H2,1-2H3,(H2,23,28)(H,26,27)/t19-/m0/s1. The lowest BCUT2D eigenvalue weighted by Crippen LogP contribution is -2.45. The average Bonchev–Trinajstić information content (AvgIpc) is 3.00. The number of nitrogens with one attached hydrogen (secondary N) is 1. The molecule has 1 aliphatic rings. The Bertz CT molecular complexity index is 971. The number of carbonyl (C=O) groups excluding carboxylic acids is 2. The minimum absolute atomic E-state index is 0.00417. The van der Waals surface area contributed by atoms with Gasteiger partial charge in [-0.2, -0.15) is 0 Å². The Morgan fingerprint density at radius 2 is 1.97 bits per heavy atom. The maximum absolute atomic E-state index is 12.8. The molecule has 0 aliphatic carbocycles. The van der Waals surface area contributed by atoms with Gasteiger partial charge in [-0.3, -0.25) is 14.4 Å². The number of nitrogens with zero attached hydrogens (tertiary/aromatic N) is 1. The lowest BCUT2D eigenvalue weighted by atomic mass is 10.1. The van der Waals surface area contributed by atoms with E-state index in [4.69, 9.17) is 10.8 Å². The van der Waals surface area contributed by atoms with E-state index in [1.165, 1.54) is 16.0 Å². The molecular weight excluding hydrogens is 370 g/mol. The van der Waals surface area contributed by atoms with Gasteiger partial charge in [-0.25, -0.2) is 0 Å². The van der Waals surface area contributed by atoms with Crippen LogP contribution in [-0.2, 0) is 22.7 Å². The first-order valence-electron chi connectivity index (χ1n) is 9.52. The summed E-state index contributed by atoms with van der Waals surface area (Å²) in [7, 11) is 0. The summed E-state index contributed by atoms with van der Waals surface area (Å²) in [4.78, 5) is 37.0. The number of hydrogen-bond donors (Lipinski definition) is 3. The van der Waals surface area contributed by atoms with Crippen LogP contribution in [-0.4, -0.2) is 33.8 Å². The highest BCUT2D eigenvalue weighted by atomic mass is 16.4. The highest BCUT2D eigenvalue weighted by molar-refractivity contribution is 6.02. The molecule has 2 aromatic carbocycles. The van der Waals surface area contributed by atoms with Crippen LogP contribution in [0.1, 0.15) is 45.5 Å². The third kappa shape index (κ3) is 4.39. The number of carbonyl (C=O) groups is 3. The Labute approximate surface area is 169 Å². The second-order valence-electron chi connectivity index (χ2n) is 7.39. The summed E-state index contributed by atoms with van der Waals surface area (Å²) >= 11 is 0. The van der Waals surface area contributed by atoms with E-state index in [1.54, 1.807) is 12.1 Å². The molecule has 0 saturated heterocycles. The molecule has 1 atom stereocenters. The fraction of sp³-hybridized carbons (Fsp3) is 0.318. The highest BCUT2D eigenvalue weighted by Gasteiger charge is 2.36. The summed E-state index contributed by atoms with van der Waals surface area (Å²) in [6, 6.07) is 10.7. The van der Waals surface area contributed by atoms with Crippen molar-refractivity contribution in [3.8, 4) is 0 Å². The van der Waals surface area contributed by atoms with E-state index in [9.17, 15) is 14.4 Å². The van der Waals surface area contributed by atoms with Gasteiger partial charge in [0.1, 0.15) is 6.04 Å². The predicted molar refractivity (Wildman–Crippen MR) is 109 cm³/mol. The van der Waals surface area contributed by atoms with Gasteiger partial charge in [-0.1, -0.05) is 24.3 Å². The van der Waals surface area contributed by atoms with Crippen molar-refractivity contribution in [2.75, 3.05) is 5.32 Å². The van der Waals surface area contributed by atoms with Crippen LogP contribution in [0.15, 0.2) is 36.4 Å². The molecule has 0 bridgehead atoms. The first-order chi connectivity index (χ1) is 13.8. The molecular formula is C22H25N3O4. The predicted octanol–water partition coefficient (Wildman–Crippen LogP) is 2.59. The van der Waals surface area contributed by atoms with E-state index in [0.717, 1.165) is 16.8 Å². The summed E-state index contributed by atoms with van der Waals surface area (Å²) in [6.45, 7) is 4.95. The van der Waals surface area contributed by atoms with Gasteiger partial charge in [0.25, 0.3) is 5.91 Å². The van der Waals surface area contributed by atoms with Crippen LogP contribution >= 0.6 is 0 Å².